The van der Waals surface area contributed by atoms with Crippen LogP contribution in [0.1, 0.15) is 10.4 Å². The van der Waals surface area contributed by atoms with E-state index in [4.69, 9.17) is 9.84 Å². The van der Waals surface area contributed by atoms with E-state index in [1.54, 1.807) is 6.07 Å². The molecule has 5 nitrogen and oxygen atoms in total. The van der Waals surface area contributed by atoms with Crippen LogP contribution in [0.2, 0.25) is 0 Å². The van der Waals surface area contributed by atoms with Gasteiger partial charge in [0.25, 0.3) is 0 Å². The van der Waals surface area contributed by atoms with Crippen molar-refractivity contribution in [2.75, 3.05) is 7.11 Å². The zero-order chi connectivity index (χ0) is 12.4. The van der Waals surface area contributed by atoms with Gasteiger partial charge in [-0.1, -0.05) is 6.07 Å². The highest BCUT2D eigenvalue weighted by atomic mass is 19.1. The maximum atomic E-state index is 13.1. The van der Waals surface area contributed by atoms with E-state index < -0.39 is 11.8 Å². The Morgan fingerprint density at radius 3 is 2.88 bits per heavy atom. The molecule has 0 fully saturated rings. The van der Waals surface area contributed by atoms with Crippen LogP contribution in [-0.4, -0.2) is 28.0 Å². The summed E-state index contributed by atoms with van der Waals surface area (Å²) in [6.45, 7) is 0. The first kappa shape index (κ1) is 11.1. The van der Waals surface area contributed by atoms with Gasteiger partial charge >= 0.3 is 5.97 Å². The maximum absolute atomic E-state index is 13.1. The zero-order valence-corrected chi connectivity index (χ0v) is 8.92. The molecule has 1 aromatic heterocycles. The van der Waals surface area contributed by atoms with Gasteiger partial charge in [-0.3, -0.25) is 0 Å². The van der Waals surface area contributed by atoms with Crippen LogP contribution >= 0.6 is 0 Å². The van der Waals surface area contributed by atoms with Gasteiger partial charge in [-0.05, 0) is 18.2 Å². The number of carbonyl (C=O) groups is 1. The summed E-state index contributed by atoms with van der Waals surface area (Å²) in [4.78, 5) is 10.9. The van der Waals surface area contributed by atoms with Crippen molar-refractivity contribution in [2.24, 2.45) is 0 Å². The van der Waals surface area contributed by atoms with Gasteiger partial charge in [0.05, 0.1) is 19.0 Å². The van der Waals surface area contributed by atoms with E-state index in [0.717, 1.165) is 6.20 Å². The third-order valence-electron chi connectivity index (χ3n) is 2.20. The van der Waals surface area contributed by atoms with Crippen LogP contribution in [0.25, 0.3) is 5.69 Å². The number of carboxylic acid groups (broad SMARTS) is 1. The lowest BCUT2D eigenvalue weighted by atomic mass is 10.3. The number of methoxy groups -OCH3 is 1. The SMILES string of the molecule is COc1c(C(=O)O)cnn1-c1cccc(F)c1. The van der Waals surface area contributed by atoms with E-state index in [2.05, 4.69) is 5.10 Å². The van der Waals surface area contributed by atoms with Crippen LogP contribution in [-0.2, 0) is 0 Å². The summed E-state index contributed by atoms with van der Waals surface area (Å²) in [7, 11) is 1.33. The second-order valence-corrected chi connectivity index (χ2v) is 3.26. The van der Waals surface area contributed by atoms with Crippen molar-refractivity contribution < 1.29 is 19.0 Å². The van der Waals surface area contributed by atoms with E-state index >= 15 is 0 Å². The van der Waals surface area contributed by atoms with E-state index in [9.17, 15) is 9.18 Å². The van der Waals surface area contributed by atoms with Crippen LogP contribution in [0.4, 0.5) is 4.39 Å². The molecule has 0 atom stereocenters. The summed E-state index contributed by atoms with van der Waals surface area (Å²) in [5, 5.41) is 12.8. The van der Waals surface area contributed by atoms with Crippen LogP contribution in [0.3, 0.4) is 0 Å². The molecule has 1 heterocycles. The van der Waals surface area contributed by atoms with Gasteiger partial charge in [0.15, 0.2) is 0 Å². The highest BCUT2D eigenvalue weighted by Crippen LogP contribution is 2.22. The van der Waals surface area contributed by atoms with Crippen LogP contribution in [0, 0.1) is 5.82 Å². The van der Waals surface area contributed by atoms with Crippen LogP contribution in [0.15, 0.2) is 30.5 Å². The first-order valence-corrected chi connectivity index (χ1v) is 4.74. The molecular weight excluding hydrogens is 227 g/mol. The number of nitrogens with zero attached hydrogens (tertiary/aromatic N) is 2. The fourth-order valence-corrected chi connectivity index (χ4v) is 1.47. The van der Waals surface area contributed by atoms with Gasteiger partial charge in [-0.15, -0.1) is 0 Å². The van der Waals surface area contributed by atoms with Crippen LogP contribution < -0.4 is 4.74 Å². The van der Waals surface area contributed by atoms with E-state index in [1.807, 2.05) is 0 Å². The molecule has 17 heavy (non-hydrogen) atoms. The molecule has 1 N–H and O–H groups in total. The molecule has 6 heteroatoms. The Morgan fingerprint density at radius 1 is 1.53 bits per heavy atom. The zero-order valence-electron chi connectivity index (χ0n) is 8.92. The summed E-state index contributed by atoms with van der Waals surface area (Å²) in [6.07, 6.45) is 1.16. The predicted octanol–water partition coefficient (Wildman–Crippen LogP) is 1.72. The maximum Gasteiger partial charge on any atom is 0.342 e. The molecule has 0 bridgehead atoms. The Hall–Kier alpha value is -2.37. The molecule has 0 aliphatic rings. The summed E-state index contributed by atoms with van der Waals surface area (Å²) in [5.74, 6) is -1.52. The third-order valence-corrected chi connectivity index (χ3v) is 2.20. The number of aromatic nitrogens is 2. The number of aromatic carboxylic acids is 1. The Bertz CT molecular complexity index is 566. The normalized spacial score (nSPS) is 10.2. The average Bonchev–Trinajstić information content (AvgIpc) is 2.72. The number of hydrogen-bond donors (Lipinski definition) is 1. The van der Waals surface area contributed by atoms with Gasteiger partial charge in [-0.25, -0.2) is 13.9 Å². The largest absolute Gasteiger partial charge is 0.480 e. The minimum Gasteiger partial charge on any atom is -0.480 e. The number of hydrogen-bond acceptors (Lipinski definition) is 3. The number of halogens is 1. The Morgan fingerprint density at radius 2 is 2.29 bits per heavy atom. The van der Waals surface area contributed by atoms with Gasteiger partial charge in [-0.2, -0.15) is 5.10 Å². The standard InChI is InChI=1S/C11H9FN2O3/c1-17-10-9(11(15)16)6-13-14(10)8-4-2-3-7(12)5-8/h2-6H,1H3,(H,15,16). The van der Waals surface area contributed by atoms with Gasteiger partial charge < -0.3 is 9.84 Å². The fraction of sp³-hybridized carbons (Fsp3) is 0.0909. The molecule has 0 amide bonds. The van der Waals surface area contributed by atoms with Crippen molar-refractivity contribution in [2.45, 2.75) is 0 Å². The van der Waals surface area contributed by atoms with Gasteiger partial charge in [0, 0.05) is 0 Å². The fourth-order valence-electron chi connectivity index (χ4n) is 1.47. The first-order chi connectivity index (χ1) is 8.13. The molecule has 0 radical (unpaired) electrons. The van der Waals surface area contributed by atoms with Crippen molar-refractivity contribution in [3.8, 4) is 11.6 Å². The van der Waals surface area contributed by atoms with Crippen molar-refractivity contribution in [3.63, 3.8) is 0 Å². The molecule has 0 spiro atoms. The number of benzene rings is 1. The van der Waals surface area contributed by atoms with E-state index in [0.29, 0.717) is 5.69 Å². The monoisotopic (exact) mass is 236 g/mol. The molecule has 0 saturated carbocycles. The molecule has 0 aliphatic carbocycles. The lowest BCUT2D eigenvalue weighted by Gasteiger charge is -2.06. The molecular formula is C11H9FN2O3. The number of rotatable bonds is 3. The lowest BCUT2D eigenvalue weighted by molar-refractivity contribution is 0.0693. The molecule has 2 rings (SSSR count). The molecule has 0 unspecified atom stereocenters. The highest BCUT2D eigenvalue weighted by Gasteiger charge is 2.18. The number of carboxylic acids is 1. The first-order valence-electron chi connectivity index (χ1n) is 4.74. The Balaban J connectivity index is 2.56. The topological polar surface area (TPSA) is 64.3 Å². The van der Waals surface area contributed by atoms with Gasteiger partial charge in [0.1, 0.15) is 11.4 Å². The minimum atomic E-state index is -1.15. The molecule has 0 aliphatic heterocycles. The second-order valence-electron chi connectivity index (χ2n) is 3.26. The summed E-state index contributed by atoms with van der Waals surface area (Å²) in [6, 6.07) is 5.63. The lowest BCUT2D eigenvalue weighted by Crippen LogP contribution is -2.03. The predicted molar refractivity (Wildman–Crippen MR) is 57.0 cm³/mol. The van der Waals surface area contributed by atoms with E-state index in [1.165, 1.54) is 30.0 Å². The quantitative estimate of drug-likeness (QED) is 0.881. The van der Waals surface area contributed by atoms with E-state index in [-0.39, 0.29) is 11.4 Å². The van der Waals surface area contributed by atoms with Crippen molar-refractivity contribution in [3.05, 3.63) is 41.8 Å². The summed E-state index contributed by atoms with van der Waals surface area (Å²) in [5.41, 5.74) is 0.325. The molecule has 1 aromatic carbocycles. The Labute approximate surface area is 96.1 Å². The number of ether oxygens (including phenoxy) is 1. The minimum absolute atomic E-state index is 0.0584. The van der Waals surface area contributed by atoms with Crippen molar-refractivity contribution >= 4 is 5.97 Å². The summed E-state index contributed by atoms with van der Waals surface area (Å²) >= 11 is 0. The average molecular weight is 236 g/mol. The summed E-state index contributed by atoms with van der Waals surface area (Å²) < 4.78 is 19.3. The van der Waals surface area contributed by atoms with Crippen LogP contribution in [0.5, 0.6) is 5.88 Å². The molecule has 0 saturated heterocycles. The molecule has 88 valence electrons. The molecule has 2 aromatic rings. The van der Waals surface area contributed by atoms with Gasteiger partial charge in [0.2, 0.25) is 5.88 Å². The van der Waals surface area contributed by atoms with Crippen molar-refractivity contribution in [1.82, 2.24) is 9.78 Å². The third kappa shape index (κ3) is 1.96. The smallest absolute Gasteiger partial charge is 0.342 e. The van der Waals surface area contributed by atoms with Crippen molar-refractivity contribution in [1.29, 1.82) is 0 Å². The highest BCUT2D eigenvalue weighted by molar-refractivity contribution is 5.90. The second kappa shape index (κ2) is 4.25. The Kier molecular flexibility index (Phi) is 2.78.